The monoisotopic (exact) mass is 403 g/mol. The predicted molar refractivity (Wildman–Crippen MR) is 109 cm³/mol. The maximum atomic E-state index is 12.3. The Morgan fingerprint density at radius 1 is 1.14 bits per heavy atom. The van der Waals surface area contributed by atoms with E-state index in [0.29, 0.717) is 27.8 Å². The van der Waals surface area contributed by atoms with Crippen molar-refractivity contribution in [2.24, 2.45) is 0 Å². The summed E-state index contributed by atoms with van der Waals surface area (Å²) in [5, 5.41) is 3.24. The van der Waals surface area contributed by atoms with Crippen molar-refractivity contribution in [1.82, 2.24) is 0 Å². The van der Waals surface area contributed by atoms with Crippen LogP contribution in [-0.4, -0.2) is 32.2 Å². The molecule has 1 amide bonds. The van der Waals surface area contributed by atoms with Crippen LogP contribution in [0.25, 0.3) is 6.08 Å². The van der Waals surface area contributed by atoms with Crippen molar-refractivity contribution < 1.29 is 23.8 Å². The Bertz CT molecular complexity index is 894. The Hall–Kier alpha value is -2.99. The summed E-state index contributed by atoms with van der Waals surface area (Å²) in [7, 11) is 3.08. The summed E-state index contributed by atoms with van der Waals surface area (Å²) >= 11 is 6.04. The van der Waals surface area contributed by atoms with E-state index in [0.717, 1.165) is 5.56 Å². The first kappa shape index (κ1) is 21.3. The van der Waals surface area contributed by atoms with Gasteiger partial charge in [-0.1, -0.05) is 17.7 Å². The van der Waals surface area contributed by atoms with Gasteiger partial charge in [0.05, 0.1) is 14.2 Å². The smallest absolute Gasteiger partial charge is 0.331 e. The molecule has 2 aromatic rings. The van der Waals surface area contributed by atoms with Crippen LogP contribution in [0.2, 0.25) is 5.02 Å². The van der Waals surface area contributed by atoms with Gasteiger partial charge in [0, 0.05) is 28.4 Å². The highest BCUT2D eigenvalue weighted by Gasteiger charge is 2.18. The van der Waals surface area contributed by atoms with Crippen LogP contribution in [0.4, 0.5) is 5.69 Å². The van der Waals surface area contributed by atoms with Crippen LogP contribution in [0.5, 0.6) is 11.5 Å². The fourth-order valence-corrected chi connectivity index (χ4v) is 2.53. The lowest BCUT2D eigenvalue weighted by atomic mass is 10.1. The standard InChI is InChI=1S/C21H22ClNO5/c1-13-17(22)6-5-7-18(13)23-21(25)14(2)28-20(24)11-9-15-8-10-16(26-3)12-19(15)27-4/h5-12,14H,1-4H3,(H,23,25)/b11-9+/t14-/m1/s1. The molecular formula is C21H22ClNO5. The molecule has 0 aliphatic rings. The van der Waals surface area contributed by atoms with Gasteiger partial charge < -0.3 is 19.5 Å². The SMILES string of the molecule is COc1ccc(/C=C/C(=O)O[C@H](C)C(=O)Nc2cccc(Cl)c2C)c(OC)c1. The molecule has 0 aliphatic carbocycles. The minimum atomic E-state index is -0.978. The second kappa shape index (κ2) is 9.80. The number of benzene rings is 2. The number of carbonyl (C=O) groups excluding carboxylic acids is 2. The Balaban J connectivity index is 1.99. The molecule has 0 unspecified atom stereocenters. The highest BCUT2D eigenvalue weighted by atomic mass is 35.5. The molecule has 0 saturated heterocycles. The number of amides is 1. The Morgan fingerprint density at radius 2 is 1.89 bits per heavy atom. The molecule has 6 nitrogen and oxygen atoms in total. The number of hydrogen-bond acceptors (Lipinski definition) is 5. The molecule has 0 radical (unpaired) electrons. The zero-order valence-corrected chi connectivity index (χ0v) is 16.9. The van der Waals surface area contributed by atoms with Gasteiger partial charge >= 0.3 is 5.97 Å². The van der Waals surface area contributed by atoms with Crippen molar-refractivity contribution in [2.45, 2.75) is 20.0 Å². The van der Waals surface area contributed by atoms with Gasteiger partial charge in [-0.2, -0.15) is 0 Å². The van der Waals surface area contributed by atoms with E-state index in [4.69, 9.17) is 25.8 Å². The van der Waals surface area contributed by atoms with E-state index in [1.54, 1.807) is 56.5 Å². The second-order valence-corrected chi connectivity index (χ2v) is 6.33. The van der Waals surface area contributed by atoms with Crippen LogP contribution in [-0.2, 0) is 14.3 Å². The van der Waals surface area contributed by atoms with Crippen LogP contribution < -0.4 is 14.8 Å². The van der Waals surface area contributed by atoms with E-state index in [2.05, 4.69) is 5.32 Å². The van der Waals surface area contributed by atoms with E-state index in [-0.39, 0.29) is 0 Å². The maximum absolute atomic E-state index is 12.3. The molecule has 7 heteroatoms. The van der Waals surface area contributed by atoms with Crippen molar-refractivity contribution in [3.8, 4) is 11.5 Å². The fraction of sp³-hybridized carbons (Fsp3) is 0.238. The van der Waals surface area contributed by atoms with Crippen LogP contribution in [0.1, 0.15) is 18.1 Å². The summed E-state index contributed by atoms with van der Waals surface area (Å²) in [4.78, 5) is 24.3. The van der Waals surface area contributed by atoms with Gasteiger partial charge in [-0.25, -0.2) is 4.79 Å². The third-order valence-electron chi connectivity index (χ3n) is 4.03. The normalized spacial score (nSPS) is 11.8. The number of hydrogen-bond donors (Lipinski definition) is 1. The van der Waals surface area contributed by atoms with Crippen molar-refractivity contribution in [3.63, 3.8) is 0 Å². The number of halogens is 1. The molecule has 1 N–H and O–H groups in total. The summed E-state index contributed by atoms with van der Waals surface area (Å²) in [6, 6.07) is 10.4. The third-order valence-corrected chi connectivity index (χ3v) is 4.44. The molecule has 0 heterocycles. The second-order valence-electron chi connectivity index (χ2n) is 5.92. The summed E-state index contributed by atoms with van der Waals surface area (Å²) in [5.41, 5.74) is 1.98. The van der Waals surface area contributed by atoms with Crippen molar-refractivity contribution in [3.05, 3.63) is 58.6 Å². The Morgan fingerprint density at radius 3 is 2.57 bits per heavy atom. The number of carbonyl (C=O) groups is 2. The molecule has 148 valence electrons. The molecule has 28 heavy (non-hydrogen) atoms. The first-order chi connectivity index (χ1) is 13.3. The first-order valence-electron chi connectivity index (χ1n) is 8.52. The lowest BCUT2D eigenvalue weighted by Gasteiger charge is -2.14. The van der Waals surface area contributed by atoms with Gasteiger partial charge in [-0.15, -0.1) is 0 Å². The molecule has 2 rings (SSSR count). The van der Waals surface area contributed by atoms with Crippen molar-refractivity contribution in [1.29, 1.82) is 0 Å². The summed E-state index contributed by atoms with van der Waals surface area (Å²) in [6.45, 7) is 3.29. The zero-order valence-electron chi connectivity index (χ0n) is 16.1. The largest absolute Gasteiger partial charge is 0.497 e. The average molecular weight is 404 g/mol. The van der Waals surface area contributed by atoms with Crippen LogP contribution >= 0.6 is 11.6 Å². The zero-order chi connectivity index (χ0) is 20.7. The third kappa shape index (κ3) is 5.50. The van der Waals surface area contributed by atoms with Gasteiger partial charge in [-0.3, -0.25) is 4.79 Å². The highest BCUT2D eigenvalue weighted by molar-refractivity contribution is 6.31. The van der Waals surface area contributed by atoms with Gasteiger partial charge in [-0.05, 0) is 49.8 Å². The summed E-state index contributed by atoms with van der Waals surface area (Å²) < 4.78 is 15.6. The van der Waals surface area contributed by atoms with E-state index in [9.17, 15) is 9.59 Å². The van der Waals surface area contributed by atoms with Crippen molar-refractivity contribution >= 4 is 35.2 Å². The molecular weight excluding hydrogens is 382 g/mol. The molecule has 0 aromatic heterocycles. The molecule has 2 aromatic carbocycles. The molecule has 0 saturated carbocycles. The number of rotatable bonds is 7. The van der Waals surface area contributed by atoms with Gasteiger partial charge in [0.25, 0.3) is 5.91 Å². The number of esters is 1. The topological polar surface area (TPSA) is 73.9 Å². The van der Waals surface area contributed by atoms with Crippen LogP contribution in [0.15, 0.2) is 42.5 Å². The van der Waals surface area contributed by atoms with Gasteiger partial charge in [0.2, 0.25) is 0 Å². The summed E-state index contributed by atoms with van der Waals surface area (Å²) in [5.74, 6) is 0.0845. The highest BCUT2D eigenvalue weighted by Crippen LogP contribution is 2.26. The minimum absolute atomic E-state index is 0.450. The first-order valence-corrected chi connectivity index (χ1v) is 8.90. The van der Waals surface area contributed by atoms with E-state index in [1.165, 1.54) is 20.1 Å². The fourth-order valence-electron chi connectivity index (χ4n) is 2.36. The predicted octanol–water partition coefficient (Wildman–Crippen LogP) is 4.25. The molecule has 0 spiro atoms. The lowest BCUT2D eigenvalue weighted by Crippen LogP contribution is -2.29. The lowest BCUT2D eigenvalue weighted by molar-refractivity contribution is -0.148. The number of nitrogens with one attached hydrogen (secondary N) is 1. The van der Waals surface area contributed by atoms with E-state index in [1.807, 2.05) is 0 Å². The van der Waals surface area contributed by atoms with Crippen molar-refractivity contribution in [2.75, 3.05) is 19.5 Å². The van der Waals surface area contributed by atoms with E-state index < -0.39 is 18.0 Å². The van der Waals surface area contributed by atoms with Crippen LogP contribution in [0.3, 0.4) is 0 Å². The quantitative estimate of drug-likeness (QED) is 0.552. The number of anilines is 1. The minimum Gasteiger partial charge on any atom is -0.497 e. The summed E-state index contributed by atoms with van der Waals surface area (Å²) in [6.07, 6.45) is 1.80. The maximum Gasteiger partial charge on any atom is 0.331 e. The number of ether oxygens (including phenoxy) is 3. The van der Waals surface area contributed by atoms with Crippen LogP contribution in [0, 0.1) is 6.92 Å². The Labute approximate surface area is 169 Å². The molecule has 0 aliphatic heterocycles. The molecule has 0 bridgehead atoms. The van der Waals surface area contributed by atoms with E-state index >= 15 is 0 Å². The molecule has 0 fully saturated rings. The number of methoxy groups -OCH3 is 2. The van der Waals surface area contributed by atoms with Gasteiger partial charge in [0.15, 0.2) is 6.10 Å². The molecule has 1 atom stereocenters. The van der Waals surface area contributed by atoms with Gasteiger partial charge in [0.1, 0.15) is 11.5 Å². The average Bonchev–Trinajstić information content (AvgIpc) is 2.69. The Kier molecular flexibility index (Phi) is 7.46.